The van der Waals surface area contributed by atoms with Crippen LogP contribution in [0.15, 0.2) is 35.4 Å². The molecule has 0 bridgehead atoms. The fraction of sp³-hybridized carbons (Fsp3) is 0.756. The van der Waals surface area contributed by atoms with E-state index < -0.39 is 22.9 Å². The van der Waals surface area contributed by atoms with Crippen LogP contribution < -0.4 is 5.32 Å². The first kappa shape index (κ1) is 40.4. The largest absolute Gasteiger partial charge is 0.481 e. The van der Waals surface area contributed by atoms with Crippen LogP contribution in [0.25, 0.3) is 0 Å². The van der Waals surface area contributed by atoms with E-state index in [0.29, 0.717) is 36.4 Å². The molecule has 0 aliphatic heterocycles. The van der Waals surface area contributed by atoms with Crippen LogP contribution in [-0.2, 0) is 25.7 Å². The summed E-state index contributed by atoms with van der Waals surface area (Å²) in [6.07, 6.45) is 7.51. The van der Waals surface area contributed by atoms with Crippen LogP contribution in [0.2, 0.25) is 5.02 Å². The summed E-state index contributed by atoms with van der Waals surface area (Å²) < 4.78 is 6.26. The highest BCUT2D eigenvalue weighted by atomic mass is 35.5. The average molecular weight is 752 g/mol. The number of nitrogens with one attached hydrogen (secondary N) is 1. The number of aliphatic hydroxyl groups is 1. The number of carbonyl (C=O) groups is 3. The zero-order valence-electron chi connectivity index (χ0n) is 33.9. The monoisotopic (exact) mass is 751 g/mol. The molecule has 1 aromatic rings. The number of aliphatic hydroxyl groups excluding tert-OH is 1. The van der Waals surface area contributed by atoms with E-state index in [1.807, 2.05) is 38.1 Å². The summed E-state index contributed by atoms with van der Waals surface area (Å²) in [5.74, 6) is 0.305. The molecular weight excluding hydrogens is 686 g/mol. The Bertz CT molecular complexity index is 1630. The highest BCUT2D eigenvalue weighted by molar-refractivity contribution is 6.30. The molecule has 0 radical (unpaired) electrons. The van der Waals surface area contributed by atoms with Crippen LogP contribution in [0.3, 0.4) is 0 Å². The summed E-state index contributed by atoms with van der Waals surface area (Å²) in [6, 6.07) is 7.80. The van der Waals surface area contributed by atoms with Crippen LogP contribution in [0.1, 0.15) is 139 Å². The van der Waals surface area contributed by atoms with Crippen molar-refractivity contribution in [3.05, 3.63) is 46.0 Å². The summed E-state index contributed by atoms with van der Waals surface area (Å²) in [4.78, 5) is 38.7. The number of fused-ring (bicyclic) bond motifs is 7. The summed E-state index contributed by atoms with van der Waals surface area (Å²) in [5.41, 5.74) is 2.14. The average Bonchev–Trinajstić information content (AvgIpc) is 3.36. The maximum atomic E-state index is 14.0. The number of carboxylic acids is 1. The van der Waals surface area contributed by atoms with Gasteiger partial charge in [-0.05, 0) is 120 Å². The second-order valence-electron chi connectivity index (χ2n) is 20.4. The molecule has 0 heterocycles. The molecule has 8 heteroatoms. The minimum absolute atomic E-state index is 0.00682. The molecule has 9 atom stereocenters. The third kappa shape index (κ3) is 6.75. The van der Waals surface area contributed by atoms with E-state index in [-0.39, 0.29) is 64.2 Å². The molecule has 53 heavy (non-hydrogen) atoms. The summed E-state index contributed by atoms with van der Waals surface area (Å²) in [5, 5.41) is 25.7. The molecule has 294 valence electrons. The molecule has 0 amide bonds. The molecule has 4 saturated carbocycles. The molecule has 0 saturated heterocycles. The van der Waals surface area contributed by atoms with Gasteiger partial charge >= 0.3 is 11.9 Å². The molecule has 5 aliphatic carbocycles. The van der Waals surface area contributed by atoms with Gasteiger partial charge in [0.05, 0.1) is 18.9 Å². The molecular formula is C45H66ClNO6. The van der Waals surface area contributed by atoms with E-state index in [2.05, 4.69) is 53.8 Å². The van der Waals surface area contributed by atoms with Gasteiger partial charge in [-0.15, -0.1) is 0 Å². The Kier molecular flexibility index (Phi) is 10.7. The molecule has 4 fully saturated rings. The quantitative estimate of drug-likeness (QED) is 0.193. The van der Waals surface area contributed by atoms with Gasteiger partial charge in [-0.1, -0.05) is 91.6 Å². The lowest BCUT2D eigenvalue weighted by Gasteiger charge is -2.72. The second-order valence-corrected chi connectivity index (χ2v) is 20.8. The Hall–Kier alpha value is -2.22. The normalized spacial score (nSPS) is 37.0. The van der Waals surface area contributed by atoms with Crippen molar-refractivity contribution in [2.75, 3.05) is 6.54 Å². The number of rotatable bonds is 11. The van der Waals surface area contributed by atoms with E-state index in [0.717, 1.165) is 62.5 Å². The zero-order chi connectivity index (χ0) is 38.9. The van der Waals surface area contributed by atoms with E-state index in [9.17, 15) is 24.6 Å². The van der Waals surface area contributed by atoms with Gasteiger partial charge in [0.1, 0.15) is 6.10 Å². The fourth-order valence-electron chi connectivity index (χ4n) is 13.5. The first-order chi connectivity index (χ1) is 24.6. The number of hydrogen-bond donors (Lipinski definition) is 3. The molecule has 7 nitrogen and oxygen atoms in total. The Labute approximate surface area is 323 Å². The number of esters is 1. The lowest BCUT2D eigenvalue weighted by Crippen LogP contribution is -2.66. The van der Waals surface area contributed by atoms with E-state index in [1.165, 1.54) is 5.57 Å². The second kappa shape index (κ2) is 14.1. The van der Waals surface area contributed by atoms with Gasteiger partial charge in [0, 0.05) is 35.4 Å². The molecule has 5 aliphatic rings. The molecule has 1 unspecified atom stereocenters. The van der Waals surface area contributed by atoms with Gasteiger partial charge in [0.15, 0.2) is 5.78 Å². The van der Waals surface area contributed by atoms with Gasteiger partial charge in [-0.3, -0.25) is 14.4 Å². The smallest absolute Gasteiger partial charge is 0.306 e. The Balaban J connectivity index is 1.24. The molecule has 0 spiro atoms. The Morgan fingerprint density at radius 2 is 1.60 bits per heavy atom. The Morgan fingerprint density at radius 1 is 0.925 bits per heavy atom. The summed E-state index contributed by atoms with van der Waals surface area (Å²) >= 11 is 6.11. The predicted octanol–water partition coefficient (Wildman–Crippen LogP) is 9.57. The van der Waals surface area contributed by atoms with Crippen molar-refractivity contribution >= 4 is 29.3 Å². The number of allylic oxidation sites excluding steroid dienone is 1. The van der Waals surface area contributed by atoms with Crippen molar-refractivity contribution in [3.63, 3.8) is 0 Å². The number of aliphatic carboxylic acids is 1. The molecule has 3 N–H and O–H groups in total. The van der Waals surface area contributed by atoms with E-state index in [1.54, 1.807) is 0 Å². The topological polar surface area (TPSA) is 113 Å². The maximum Gasteiger partial charge on any atom is 0.306 e. The van der Waals surface area contributed by atoms with E-state index >= 15 is 0 Å². The highest BCUT2D eigenvalue weighted by Crippen LogP contribution is 2.77. The Morgan fingerprint density at radius 3 is 2.25 bits per heavy atom. The number of benzene rings is 1. The van der Waals surface area contributed by atoms with Crippen molar-refractivity contribution < 1.29 is 29.3 Å². The molecule has 6 rings (SSSR count). The third-order valence-electron chi connectivity index (χ3n) is 16.2. The number of halogens is 1. The molecule has 0 aromatic heterocycles. The first-order valence-electron chi connectivity index (χ1n) is 20.4. The van der Waals surface area contributed by atoms with Gasteiger partial charge in [0.25, 0.3) is 0 Å². The van der Waals surface area contributed by atoms with Crippen LogP contribution in [0.4, 0.5) is 0 Å². The van der Waals surface area contributed by atoms with Crippen molar-refractivity contribution in [1.29, 1.82) is 0 Å². The van der Waals surface area contributed by atoms with Gasteiger partial charge in [0.2, 0.25) is 0 Å². The van der Waals surface area contributed by atoms with Crippen LogP contribution in [-0.4, -0.2) is 46.7 Å². The SMILES string of the molecule is CC(C)C1=C2[C@H]3CC[C@@H]4[C@@]5(C)CC[C@H](OC(=O)CC(C)(C)CC(=O)O)C(C)(C)[C@@H]5CC[C@@]4(C)[C@]3(C)CC[C@@]2(C(O)CNCc2ccc(Cl)cc2)CC1=O. The van der Waals surface area contributed by atoms with Gasteiger partial charge < -0.3 is 20.3 Å². The number of carboxylic acid groups (broad SMARTS) is 1. The lowest BCUT2D eigenvalue weighted by atomic mass is 9.33. The number of ether oxygens (including phenoxy) is 1. The summed E-state index contributed by atoms with van der Waals surface area (Å²) in [6.45, 7) is 21.3. The highest BCUT2D eigenvalue weighted by Gasteiger charge is 2.70. The van der Waals surface area contributed by atoms with E-state index in [4.69, 9.17) is 16.3 Å². The minimum Gasteiger partial charge on any atom is -0.481 e. The van der Waals surface area contributed by atoms with Crippen molar-refractivity contribution in [2.45, 2.75) is 152 Å². The first-order valence-corrected chi connectivity index (χ1v) is 20.8. The lowest BCUT2D eigenvalue weighted by molar-refractivity contribution is -0.235. The third-order valence-corrected chi connectivity index (χ3v) is 16.4. The number of ketones is 1. The molecule has 1 aromatic carbocycles. The van der Waals surface area contributed by atoms with Crippen molar-refractivity contribution in [3.8, 4) is 0 Å². The number of Topliss-reactive ketones (excluding diaryl/α,β-unsaturated/α-hetero) is 1. The number of hydrogen-bond acceptors (Lipinski definition) is 6. The van der Waals surface area contributed by atoms with Crippen molar-refractivity contribution in [1.82, 2.24) is 5.32 Å². The zero-order valence-corrected chi connectivity index (χ0v) is 34.6. The van der Waals surface area contributed by atoms with Crippen LogP contribution in [0, 0.1) is 56.2 Å². The standard InChI is InChI=1S/C45H66ClNO6/c1-27(2)38-31(48)22-45(34(49)26-47-25-28-10-12-29(46)13-11-28)21-20-43(8)30(39(38)45)14-15-33-42(7)18-17-35(41(5,6)32(42)16-19-44(33,43)9)53-37(52)24-40(3,4)23-36(50)51/h10-13,27,30,32-35,47,49H,14-26H2,1-9H3,(H,50,51)/t30-,32+,33-,34?,35+,42+,43-,44-,45+/m1/s1. The van der Waals surface area contributed by atoms with Crippen LogP contribution in [0.5, 0.6) is 0 Å². The number of carbonyl (C=O) groups excluding carboxylic acids is 2. The van der Waals surface area contributed by atoms with Crippen molar-refractivity contribution in [2.24, 2.45) is 56.2 Å². The fourth-order valence-corrected chi connectivity index (χ4v) is 13.6. The van der Waals surface area contributed by atoms with Gasteiger partial charge in [-0.2, -0.15) is 0 Å². The minimum atomic E-state index is -0.899. The van der Waals surface area contributed by atoms with Gasteiger partial charge in [-0.25, -0.2) is 0 Å². The van der Waals surface area contributed by atoms with Crippen LogP contribution >= 0.6 is 11.6 Å². The maximum absolute atomic E-state index is 14.0. The summed E-state index contributed by atoms with van der Waals surface area (Å²) in [7, 11) is 0. The predicted molar refractivity (Wildman–Crippen MR) is 209 cm³/mol.